The van der Waals surface area contributed by atoms with Crippen molar-refractivity contribution >= 4 is 15.7 Å². The van der Waals surface area contributed by atoms with Crippen molar-refractivity contribution in [2.45, 2.75) is 37.5 Å². The van der Waals surface area contributed by atoms with E-state index < -0.39 is 20.6 Å². The minimum absolute atomic E-state index is 0.0422. The summed E-state index contributed by atoms with van der Waals surface area (Å²) in [5.74, 6) is -0.327. The smallest absolute Gasteiger partial charge is 0.160 e. The number of hydrogen-bond donors (Lipinski definition) is 1. The van der Waals surface area contributed by atoms with Gasteiger partial charge in [0.1, 0.15) is 16.9 Å². The zero-order chi connectivity index (χ0) is 14.3. The van der Waals surface area contributed by atoms with E-state index in [0.29, 0.717) is 12.0 Å². The quantitative estimate of drug-likeness (QED) is 0.797. The van der Waals surface area contributed by atoms with E-state index in [1.807, 2.05) is 6.42 Å². The van der Waals surface area contributed by atoms with Crippen LogP contribution in [0.3, 0.4) is 0 Å². The highest BCUT2D eigenvalue weighted by molar-refractivity contribution is 7.92. The molecular weight excluding hydrogens is 267 g/mol. The largest absolute Gasteiger partial charge is 0.386 e. The van der Waals surface area contributed by atoms with E-state index in [1.54, 1.807) is 13.0 Å². The minimum atomic E-state index is -3.31. The van der Waals surface area contributed by atoms with Crippen LogP contribution in [0.25, 0.3) is 0 Å². The molecule has 19 heavy (non-hydrogen) atoms. The van der Waals surface area contributed by atoms with Gasteiger partial charge in [-0.15, -0.1) is 0 Å². The predicted octanol–water partition coefficient (Wildman–Crippen LogP) is 1.70. The number of allylic oxidation sites excluding steroid dienone is 2. The summed E-state index contributed by atoms with van der Waals surface area (Å²) in [6, 6.07) is 0. The van der Waals surface area contributed by atoms with Crippen molar-refractivity contribution in [2.75, 3.05) is 5.75 Å². The van der Waals surface area contributed by atoms with E-state index in [1.165, 1.54) is 13.0 Å². The molecule has 2 aliphatic rings. The van der Waals surface area contributed by atoms with Crippen LogP contribution in [0.1, 0.15) is 26.7 Å². The van der Waals surface area contributed by atoms with Gasteiger partial charge in [-0.1, -0.05) is 6.08 Å². The normalized spacial score (nSPS) is 34.9. The number of halogens is 1. The van der Waals surface area contributed by atoms with E-state index in [-0.39, 0.29) is 23.8 Å². The first-order valence-corrected chi connectivity index (χ1v) is 7.94. The molecule has 2 N–H and O–H groups in total. The Bertz CT molecular complexity index is 577. The summed E-state index contributed by atoms with van der Waals surface area (Å²) in [7, 11) is -3.31. The molecule has 1 unspecified atom stereocenters. The molecule has 1 heterocycles. The molecule has 0 aromatic carbocycles. The summed E-state index contributed by atoms with van der Waals surface area (Å²) in [4.78, 5) is 4.30. The number of nitrogens with zero attached hydrogens (tertiary/aromatic N) is 1. The Labute approximate surface area is 113 Å². The van der Waals surface area contributed by atoms with Crippen LogP contribution in [0.5, 0.6) is 0 Å². The number of hydrogen-bond acceptors (Lipinski definition) is 4. The van der Waals surface area contributed by atoms with Crippen molar-refractivity contribution in [1.82, 2.24) is 0 Å². The van der Waals surface area contributed by atoms with Crippen LogP contribution < -0.4 is 5.73 Å². The van der Waals surface area contributed by atoms with E-state index >= 15 is 0 Å². The molecule has 0 aromatic heterocycles. The van der Waals surface area contributed by atoms with Crippen LogP contribution in [0.15, 0.2) is 28.5 Å². The van der Waals surface area contributed by atoms with Gasteiger partial charge in [0.2, 0.25) is 0 Å². The Morgan fingerprint density at radius 3 is 2.84 bits per heavy atom. The second-order valence-electron chi connectivity index (χ2n) is 5.17. The lowest BCUT2D eigenvalue weighted by molar-refractivity contribution is 0.497. The third kappa shape index (κ3) is 2.59. The Balaban J connectivity index is 2.45. The number of sulfone groups is 1. The SMILES string of the molecule is C[C@H]1C(N)=NC(C)(C2=C[CH]CC=C2F)CCS1(=O)=O. The van der Waals surface area contributed by atoms with Gasteiger partial charge >= 0.3 is 0 Å². The van der Waals surface area contributed by atoms with Crippen LogP contribution in [0.4, 0.5) is 4.39 Å². The molecular formula is C13H18FN2O2S. The van der Waals surface area contributed by atoms with Crippen LogP contribution in [0, 0.1) is 6.42 Å². The van der Waals surface area contributed by atoms with Crippen LogP contribution in [0.2, 0.25) is 0 Å². The molecule has 4 nitrogen and oxygen atoms in total. The van der Waals surface area contributed by atoms with Crippen LogP contribution in [-0.2, 0) is 9.84 Å². The maximum atomic E-state index is 13.9. The number of amidine groups is 1. The summed E-state index contributed by atoms with van der Waals surface area (Å²) in [5.41, 5.74) is 5.26. The Morgan fingerprint density at radius 2 is 2.21 bits per heavy atom. The number of aliphatic imine (C=N–C) groups is 1. The standard InChI is InChI=1S/C13H18FN2O2S/c1-9-12(15)16-13(2,7-8-19(9,17)18)10-5-3-4-6-11(10)14/h3,5-6,9H,4,7-8H2,1-2H3,(H2,15,16)/t9-,13?/m0/s1. The third-order valence-corrected chi connectivity index (χ3v) is 5.85. The summed E-state index contributed by atoms with van der Waals surface area (Å²) < 4.78 is 37.9. The van der Waals surface area contributed by atoms with Gasteiger partial charge in [-0.3, -0.25) is 4.99 Å². The molecule has 1 radical (unpaired) electrons. The molecule has 2 atom stereocenters. The lowest BCUT2D eigenvalue weighted by Gasteiger charge is -2.28. The lowest BCUT2D eigenvalue weighted by Crippen LogP contribution is -2.34. The summed E-state index contributed by atoms with van der Waals surface area (Å²) in [5, 5.41) is -0.811. The maximum Gasteiger partial charge on any atom is 0.160 e. The fraction of sp³-hybridized carbons (Fsp3) is 0.538. The highest BCUT2D eigenvalue weighted by Gasteiger charge is 2.39. The maximum absolute atomic E-state index is 13.9. The Kier molecular flexibility index (Phi) is 3.55. The first-order valence-electron chi connectivity index (χ1n) is 6.23. The van der Waals surface area contributed by atoms with Gasteiger partial charge in [-0.25, -0.2) is 12.8 Å². The van der Waals surface area contributed by atoms with Crippen LogP contribution >= 0.6 is 0 Å². The first-order chi connectivity index (χ1) is 8.76. The zero-order valence-corrected chi connectivity index (χ0v) is 11.9. The topological polar surface area (TPSA) is 72.5 Å². The molecule has 105 valence electrons. The second kappa shape index (κ2) is 4.74. The average Bonchev–Trinajstić information content (AvgIpc) is 2.42. The predicted molar refractivity (Wildman–Crippen MR) is 74.1 cm³/mol. The van der Waals surface area contributed by atoms with Gasteiger partial charge in [-0.05, 0) is 39.2 Å². The van der Waals surface area contributed by atoms with Crippen molar-refractivity contribution in [2.24, 2.45) is 10.7 Å². The fourth-order valence-corrected chi connectivity index (χ4v) is 3.77. The van der Waals surface area contributed by atoms with Gasteiger partial charge in [0, 0.05) is 5.57 Å². The molecule has 0 bridgehead atoms. The van der Waals surface area contributed by atoms with Crippen molar-refractivity contribution in [3.8, 4) is 0 Å². The second-order valence-corrected chi connectivity index (χ2v) is 7.61. The molecule has 0 fully saturated rings. The molecule has 6 heteroatoms. The minimum Gasteiger partial charge on any atom is -0.386 e. The number of rotatable bonds is 1. The highest BCUT2D eigenvalue weighted by atomic mass is 32.2. The van der Waals surface area contributed by atoms with Gasteiger partial charge < -0.3 is 5.73 Å². The molecule has 0 amide bonds. The average molecular weight is 285 g/mol. The Hall–Kier alpha value is -1.17. The third-order valence-electron chi connectivity index (χ3n) is 3.76. The van der Waals surface area contributed by atoms with Gasteiger partial charge in [0.15, 0.2) is 9.84 Å². The molecule has 0 saturated heterocycles. The van der Waals surface area contributed by atoms with E-state index in [9.17, 15) is 12.8 Å². The molecule has 1 aliphatic carbocycles. The lowest BCUT2D eigenvalue weighted by atomic mass is 9.85. The number of nitrogens with two attached hydrogens (primary N) is 1. The zero-order valence-electron chi connectivity index (χ0n) is 11.1. The Morgan fingerprint density at radius 1 is 1.53 bits per heavy atom. The van der Waals surface area contributed by atoms with E-state index in [2.05, 4.69) is 4.99 Å². The fourth-order valence-electron chi connectivity index (χ4n) is 2.31. The molecule has 1 aliphatic heterocycles. The van der Waals surface area contributed by atoms with E-state index in [4.69, 9.17) is 5.73 Å². The summed E-state index contributed by atoms with van der Waals surface area (Å²) in [6.45, 7) is 3.25. The summed E-state index contributed by atoms with van der Waals surface area (Å²) in [6.07, 6.45) is 5.75. The van der Waals surface area contributed by atoms with Gasteiger partial charge in [-0.2, -0.15) is 0 Å². The molecule has 2 rings (SSSR count). The first kappa shape index (κ1) is 14.2. The van der Waals surface area contributed by atoms with Crippen molar-refractivity contribution in [3.05, 3.63) is 30.0 Å². The van der Waals surface area contributed by atoms with Crippen molar-refractivity contribution in [3.63, 3.8) is 0 Å². The molecule has 0 saturated carbocycles. The summed E-state index contributed by atoms with van der Waals surface area (Å²) >= 11 is 0. The van der Waals surface area contributed by atoms with Crippen molar-refractivity contribution < 1.29 is 12.8 Å². The van der Waals surface area contributed by atoms with Crippen LogP contribution in [-0.4, -0.2) is 30.8 Å². The van der Waals surface area contributed by atoms with Crippen molar-refractivity contribution in [1.29, 1.82) is 0 Å². The van der Waals surface area contributed by atoms with Gasteiger partial charge in [0.05, 0.1) is 11.3 Å². The highest BCUT2D eigenvalue weighted by Crippen LogP contribution is 2.36. The van der Waals surface area contributed by atoms with Gasteiger partial charge in [0.25, 0.3) is 0 Å². The van der Waals surface area contributed by atoms with E-state index in [0.717, 1.165) is 0 Å². The monoisotopic (exact) mass is 285 g/mol. The molecule has 0 spiro atoms. The molecule has 0 aromatic rings.